The van der Waals surface area contributed by atoms with Crippen LogP contribution in [0.15, 0.2) is 10.9 Å². The lowest BCUT2D eigenvalue weighted by atomic mass is 9.92. The largest absolute Gasteiger partial charge is 0.391 e. The topological polar surface area (TPSA) is 99.5 Å². The fourth-order valence-corrected chi connectivity index (χ4v) is 3.31. The molecular weight excluding hydrogens is 296 g/mol. The molecular formula is C16H22N4O3. The number of aromatic nitrogens is 3. The highest BCUT2D eigenvalue weighted by molar-refractivity contribution is 5.79. The Labute approximate surface area is 133 Å². The molecule has 2 atom stereocenters. The summed E-state index contributed by atoms with van der Waals surface area (Å²) in [5.41, 5.74) is 2.67. The smallest absolute Gasteiger partial charge is 0.266 e. The molecule has 3 rings (SSSR count). The van der Waals surface area contributed by atoms with Crippen LogP contribution in [-0.2, 0) is 11.2 Å². The number of aliphatic hydroxyl groups is 1. The van der Waals surface area contributed by atoms with E-state index in [2.05, 4.69) is 15.4 Å². The Bertz CT molecular complexity index is 792. The molecule has 124 valence electrons. The number of nitrogens with one attached hydrogen (secondary N) is 2. The highest BCUT2D eigenvalue weighted by Gasteiger charge is 2.25. The second kappa shape index (κ2) is 6.16. The number of amides is 1. The van der Waals surface area contributed by atoms with Crippen molar-refractivity contribution in [2.24, 2.45) is 0 Å². The summed E-state index contributed by atoms with van der Waals surface area (Å²) in [6, 6.07) is 1.27. The van der Waals surface area contributed by atoms with Crippen LogP contribution in [0.25, 0.3) is 5.65 Å². The molecule has 0 spiro atoms. The SMILES string of the molecule is Cc1nc2cc(=O)[nH]n2c(C)c1CC(=O)NC1CCCCC1O. The minimum atomic E-state index is -0.462. The maximum Gasteiger partial charge on any atom is 0.266 e. The van der Waals surface area contributed by atoms with Gasteiger partial charge in [0.15, 0.2) is 5.65 Å². The molecule has 2 aromatic rings. The third-order valence-corrected chi connectivity index (χ3v) is 4.62. The number of aryl methyl sites for hydroxylation is 2. The third-order valence-electron chi connectivity index (χ3n) is 4.62. The van der Waals surface area contributed by atoms with Gasteiger partial charge in [0.25, 0.3) is 5.56 Å². The van der Waals surface area contributed by atoms with Crippen molar-refractivity contribution in [3.63, 3.8) is 0 Å². The number of carbonyl (C=O) groups is 1. The molecule has 0 saturated heterocycles. The van der Waals surface area contributed by atoms with Crippen LogP contribution in [0.4, 0.5) is 0 Å². The van der Waals surface area contributed by atoms with E-state index in [9.17, 15) is 14.7 Å². The monoisotopic (exact) mass is 318 g/mol. The number of hydrogen-bond acceptors (Lipinski definition) is 4. The van der Waals surface area contributed by atoms with Crippen LogP contribution in [0.2, 0.25) is 0 Å². The Morgan fingerprint density at radius 3 is 2.91 bits per heavy atom. The molecule has 0 bridgehead atoms. The van der Waals surface area contributed by atoms with E-state index in [1.165, 1.54) is 6.07 Å². The molecule has 7 nitrogen and oxygen atoms in total. The first-order chi connectivity index (χ1) is 11.0. The summed E-state index contributed by atoms with van der Waals surface area (Å²) in [4.78, 5) is 28.2. The van der Waals surface area contributed by atoms with Crippen LogP contribution in [0.1, 0.15) is 42.6 Å². The Balaban J connectivity index is 1.80. The van der Waals surface area contributed by atoms with Gasteiger partial charge in [0.1, 0.15) is 0 Å². The van der Waals surface area contributed by atoms with Gasteiger partial charge >= 0.3 is 0 Å². The van der Waals surface area contributed by atoms with Crippen molar-refractivity contribution in [3.05, 3.63) is 33.4 Å². The first kappa shape index (κ1) is 15.7. The van der Waals surface area contributed by atoms with E-state index in [1.807, 2.05) is 13.8 Å². The fourth-order valence-electron chi connectivity index (χ4n) is 3.31. The molecule has 23 heavy (non-hydrogen) atoms. The number of hydrogen-bond donors (Lipinski definition) is 3. The van der Waals surface area contributed by atoms with Gasteiger partial charge in [0.05, 0.1) is 18.6 Å². The maximum atomic E-state index is 12.3. The lowest BCUT2D eigenvalue weighted by Crippen LogP contribution is -2.45. The first-order valence-electron chi connectivity index (χ1n) is 8.01. The number of carbonyl (C=O) groups excluding carboxylic acids is 1. The molecule has 1 saturated carbocycles. The summed E-state index contributed by atoms with van der Waals surface area (Å²) >= 11 is 0. The second-order valence-electron chi connectivity index (χ2n) is 6.28. The van der Waals surface area contributed by atoms with E-state index in [1.54, 1.807) is 4.52 Å². The normalized spacial score (nSPS) is 21.5. The van der Waals surface area contributed by atoms with Crippen LogP contribution in [0.3, 0.4) is 0 Å². The number of fused-ring (bicyclic) bond motifs is 1. The first-order valence-corrected chi connectivity index (χ1v) is 8.01. The number of aliphatic hydroxyl groups excluding tert-OH is 1. The van der Waals surface area contributed by atoms with E-state index in [4.69, 9.17) is 0 Å². The van der Waals surface area contributed by atoms with Crippen molar-refractivity contribution in [1.29, 1.82) is 0 Å². The number of aromatic amines is 1. The van der Waals surface area contributed by atoms with Gasteiger partial charge in [-0.2, -0.15) is 0 Å². The van der Waals surface area contributed by atoms with Gasteiger partial charge in [-0.1, -0.05) is 12.8 Å². The molecule has 1 amide bonds. The summed E-state index contributed by atoms with van der Waals surface area (Å²) in [5, 5.41) is 15.6. The summed E-state index contributed by atoms with van der Waals surface area (Å²) < 4.78 is 1.60. The van der Waals surface area contributed by atoms with Gasteiger partial charge in [-0.3, -0.25) is 14.7 Å². The second-order valence-corrected chi connectivity index (χ2v) is 6.28. The van der Waals surface area contributed by atoms with Crippen molar-refractivity contribution in [1.82, 2.24) is 19.9 Å². The fraction of sp³-hybridized carbons (Fsp3) is 0.562. The van der Waals surface area contributed by atoms with Gasteiger partial charge in [0, 0.05) is 23.0 Å². The summed E-state index contributed by atoms with van der Waals surface area (Å²) in [6.45, 7) is 3.69. The van der Waals surface area contributed by atoms with E-state index < -0.39 is 6.10 Å². The number of H-pyrrole nitrogens is 1. The summed E-state index contributed by atoms with van der Waals surface area (Å²) in [7, 11) is 0. The average molecular weight is 318 g/mol. The molecule has 0 aliphatic heterocycles. The molecule has 0 radical (unpaired) electrons. The van der Waals surface area contributed by atoms with Gasteiger partial charge in [-0.25, -0.2) is 9.50 Å². The van der Waals surface area contributed by atoms with Crippen LogP contribution in [-0.4, -0.2) is 37.8 Å². The van der Waals surface area contributed by atoms with E-state index >= 15 is 0 Å². The molecule has 3 N–H and O–H groups in total. The molecule has 0 aromatic carbocycles. The lowest BCUT2D eigenvalue weighted by Gasteiger charge is -2.28. The highest BCUT2D eigenvalue weighted by Crippen LogP contribution is 2.19. The van der Waals surface area contributed by atoms with Crippen LogP contribution >= 0.6 is 0 Å². The molecule has 1 aliphatic rings. The molecule has 1 fully saturated rings. The van der Waals surface area contributed by atoms with E-state index in [-0.39, 0.29) is 23.9 Å². The van der Waals surface area contributed by atoms with Gasteiger partial charge < -0.3 is 10.4 Å². The molecule has 7 heteroatoms. The van der Waals surface area contributed by atoms with Gasteiger partial charge in [-0.05, 0) is 26.7 Å². The Hall–Kier alpha value is -2.15. The third kappa shape index (κ3) is 3.14. The Morgan fingerprint density at radius 2 is 2.17 bits per heavy atom. The van der Waals surface area contributed by atoms with E-state index in [0.717, 1.165) is 42.6 Å². The van der Waals surface area contributed by atoms with Crippen LogP contribution < -0.4 is 10.9 Å². The highest BCUT2D eigenvalue weighted by atomic mass is 16.3. The minimum absolute atomic E-state index is 0.127. The van der Waals surface area contributed by atoms with Crippen molar-refractivity contribution < 1.29 is 9.90 Å². The van der Waals surface area contributed by atoms with Crippen molar-refractivity contribution in [2.45, 2.75) is 58.1 Å². The minimum Gasteiger partial charge on any atom is -0.391 e. The quantitative estimate of drug-likeness (QED) is 0.771. The molecule has 2 heterocycles. The average Bonchev–Trinajstić information content (AvgIpc) is 2.86. The Morgan fingerprint density at radius 1 is 1.43 bits per heavy atom. The van der Waals surface area contributed by atoms with Crippen LogP contribution in [0, 0.1) is 13.8 Å². The standard InChI is InChI=1S/C16H22N4O3/c1-9-11(10(2)20-14(17-9)8-16(23)19-20)7-15(22)18-12-5-3-4-6-13(12)21/h8,12-13,21H,3-7H2,1-2H3,(H,18,22)(H,19,23). The molecule has 2 aromatic heterocycles. The Kier molecular flexibility index (Phi) is 4.21. The predicted octanol–water partition coefficient (Wildman–Crippen LogP) is 0.602. The van der Waals surface area contributed by atoms with Crippen molar-refractivity contribution >= 4 is 11.6 Å². The maximum absolute atomic E-state index is 12.3. The van der Waals surface area contributed by atoms with Crippen molar-refractivity contribution in [2.75, 3.05) is 0 Å². The van der Waals surface area contributed by atoms with Gasteiger partial charge in [-0.15, -0.1) is 0 Å². The number of nitrogens with zero attached hydrogens (tertiary/aromatic N) is 2. The number of rotatable bonds is 3. The summed E-state index contributed by atoms with van der Waals surface area (Å²) in [6.07, 6.45) is 3.31. The van der Waals surface area contributed by atoms with Crippen LogP contribution in [0.5, 0.6) is 0 Å². The zero-order chi connectivity index (χ0) is 16.6. The molecule has 2 unspecified atom stereocenters. The zero-order valence-corrected chi connectivity index (χ0v) is 13.4. The molecule has 1 aliphatic carbocycles. The zero-order valence-electron chi connectivity index (χ0n) is 13.4. The lowest BCUT2D eigenvalue weighted by molar-refractivity contribution is -0.122. The van der Waals surface area contributed by atoms with Gasteiger partial charge in [0.2, 0.25) is 5.91 Å². The van der Waals surface area contributed by atoms with Crippen molar-refractivity contribution in [3.8, 4) is 0 Å². The summed E-state index contributed by atoms with van der Waals surface area (Å²) in [5.74, 6) is -0.127. The predicted molar refractivity (Wildman–Crippen MR) is 85.4 cm³/mol. The van der Waals surface area contributed by atoms with E-state index in [0.29, 0.717) is 5.65 Å².